The van der Waals surface area contributed by atoms with E-state index in [1.807, 2.05) is 18.8 Å². The Morgan fingerprint density at radius 1 is 1.18 bits per heavy atom. The molecule has 124 valence electrons. The molecule has 1 aromatic carbocycles. The Hall–Kier alpha value is -1.36. The van der Waals surface area contributed by atoms with E-state index in [0.717, 1.165) is 25.5 Å². The molecule has 0 aromatic heterocycles. The topological polar surface area (TPSA) is 39.7 Å². The van der Waals surface area contributed by atoms with Gasteiger partial charge < -0.3 is 15.5 Å². The molecular weight excluding hydrogens is 292 g/mol. The first-order valence-corrected chi connectivity index (χ1v) is 8.86. The second kappa shape index (κ2) is 8.93. The van der Waals surface area contributed by atoms with E-state index in [-0.39, 0.29) is 4.75 Å². The molecule has 0 unspecified atom stereocenters. The largest absolute Gasteiger partial charge is 0.378 e. The summed E-state index contributed by atoms with van der Waals surface area (Å²) in [4.78, 5) is 6.38. The Morgan fingerprint density at radius 3 is 2.32 bits per heavy atom. The molecule has 2 N–H and O–H groups in total. The lowest BCUT2D eigenvalue weighted by Gasteiger charge is -2.23. The first-order chi connectivity index (χ1) is 10.4. The molecule has 0 spiro atoms. The van der Waals surface area contributed by atoms with Gasteiger partial charge in [-0.25, -0.2) is 0 Å². The SMILES string of the molecule is CN=C(NCCc1ccc(N(C)C)cc1)NCC(C)(C)SC. The molecule has 5 heteroatoms. The van der Waals surface area contributed by atoms with Gasteiger partial charge in [-0.2, -0.15) is 11.8 Å². The number of thioether (sulfide) groups is 1. The molecule has 22 heavy (non-hydrogen) atoms. The van der Waals surface area contributed by atoms with Gasteiger partial charge in [-0.15, -0.1) is 0 Å². The number of nitrogens with one attached hydrogen (secondary N) is 2. The summed E-state index contributed by atoms with van der Waals surface area (Å²) in [5.74, 6) is 0.868. The van der Waals surface area contributed by atoms with Crippen molar-refractivity contribution in [2.45, 2.75) is 25.0 Å². The highest BCUT2D eigenvalue weighted by Gasteiger charge is 2.15. The van der Waals surface area contributed by atoms with E-state index < -0.39 is 0 Å². The van der Waals surface area contributed by atoms with E-state index >= 15 is 0 Å². The fraction of sp³-hybridized carbons (Fsp3) is 0.588. The van der Waals surface area contributed by atoms with Crippen molar-refractivity contribution in [1.82, 2.24) is 10.6 Å². The Balaban J connectivity index is 2.38. The zero-order chi connectivity index (χ0) is 16.6. The fourth-order valence-electron chi connectivity index (χ4n) is 1.88. The third-order valence-corrected chi connectivity index (χ3v) is 4.87. The molecule has 0 fully saturated rings. The minimum Gasteiger partial charge on any atom is -0.378 e. The summed E-state index contributed by atoms with van der Waals surface area (Å²) in [6.07, 6.45) is 3.12. The van der Waals surface area contributed by atoms with Crippen LogP contribution in [0, 0.1) is 0 Å². The summed E-state index contributed by atoms with van der Waals surface area (Å²) in [6, 6.07) is 8.68. The first-order valence-electron chi connectivity index (χ1n) is 7.64. The van der Waals surface area contributed by atoms with E-state index in [9.17, 15) is 0 Å². The van der Waals surface area contributed by atoms with Crippen LogP contribution in [0.3, 0.4) is 0 Å². The third kappa shape index (κ3) is 6.60. The van der Waals surface area contributed by atoms with Crippen LogP contribution >= 0.6 is 11.8 Å². The molecule has 4 nitrogen and oxygen atoms in total. The van der Waals surface area contributed by atoms with Crippen molar-refractivity contribution < 1.29 is 0 Å². The van der Waals surface area contributed by atoms with E-state index in [1.54, 1.807) is 0 Å². The quantitative estimate of drug-likeness (QED) is 0.598. The van der Waals surface area contributed by atoms with Crippen LogP contribution < -0.4 is 15.5 Å². The molecule has 0 atom stereocenters. The van der Waals surface area contributed by atoms with Gasteiger partial charge in [-0.05, 0) is 44.2 Å². The summed E-state index contributed by atoms with van der Waals surface area (Å²) in [6.45, 7) is 6.22. The van der Waals surface area contributed by atoms with Crippen molar-refractivity contribution >= 4 is 23.4 Å². The summed E-state index contributed by atoms with van der Waals surface area (Å²) in [5, 5.41) is 6.75. The predicted octanol–water partition coefficient (Wildman–Crippen LogP) is 2.60. The number of hydrogen-bond acceptors (Lipinski definition) is 3. The van der Waals surface area contributed by atoms with Crippen LogP contribution in [0.1, 0.15) is 19.4 Å². The maximum absolute atomic E-state index is 4.27. The van der Waals surface area contributed by atoms with Crippen molar-refractivity contribution in [3.05, 3.63) is 29.8 Å². The van der Waals surface area contributed by atoms with Gasteiger partial charge in [0.15, 0.2) is 5.96 Å². The van der Waals surface area contributed by atoms with Crippen LogP contribution in [-0.2, 0) is 6.42 Å². The first kappa shape index (κ1) is 18.7. The number of aliphatic imine (C=N–C) groups is 1. The molecule has 1 aromatic rings. The van der Waals surface area contributed by atoms with Crippen LogP contribution in [0.2, 0.25) is 0 Å². The number of anilines is 1. The highest BCUT2D eigenvalue weighted by atomic mass is 32.2. The average Bonchev–Trinajstić information content (AvgIpc) is 2.51. The van der Waals surface area contributed by atoms with Gasteiger partial charge in [-0.1, -0.05) is 12.1 Å². The fourth-order valence-corrected chi connectivity index (χ4v) is 2.09. The molecule has 0 aliphatic rings. The van der Waals surface area contributed by atoms with Crippen LogP contribution in [0.4, 0.5) is 5.69 Å². The van der Waals surface area contributed by atoms with Gasteiger partial charge in [0.25, 0.3) is 0 Å². The van der Waals surface area contributed by atoms with Crippen molar-refractivity contribution in [3.8, 4) is 0 Å². The number of guanidine groups is 1. The molecule has 1 rings (SSSR count). The summed E-state index contributed by atoms with van der Waals surface area (Å²) < 4.78 is 0.208. The maximum Gasteiger partial charge on any atom is 0.191 e. The predicted molar refractivity (Wildman–Crippen MR) is 101 cm³/mol. The lowest BCUT2D eigenvalue weighted by atomic mass is 10.1. The lowest BCUT2D eigenvalue weighted by molar-refractivity contribution is 0.664. The minimum absolute atomic E-state index is 0.208. The van der Waals surface area contributed by atoms with Gasteiger partial charge in [0.05, 0.1) is 0 Å². The number of hydrogen-bond donors (Lipinski definition) is 2. The lowest BCUT2D eigenvalue weighted by Crippen LogP contribution is -2.43. The van der Waals surface area contributed by atoms with Crippen LogP contribution in [-0.4, -0.2) is 51.2 Å². The zero-order valence-electron chi connectivity index (χ0n) is 14.7. The Bertz CT molecular complexity index is 466. The molecule has 0 bridgehead atoms. The highest BCUT2D eigenvalue weighted by molar-refractivity contribution is 7.99. The summed E-state index contributed by atoms with van der Waals surface area (Å²) in [5.41, 5.74) is 2.56. The molecule has 0 amide bonds. The minimum atomic E-state index is 0.208. The van der Waals surface area contributed by atoms with Gasteiger partial charge in [0.2, 0.25) is 0 Å². The second-order valence-electron chi connectivity index (χ2n) is 6.13. The molecule has 0 aliphatic heterocycles. The van der Waals surface area contributed by atoms with Gasteiger partial charge in [0.1, 0.15) is 0 Å². The van der Waals surface area contributed by atoms with Gasteiger partial charge in [-0.3, -0.25) is 4.99 Å². The summed E-state index contributed by atoms with van der Waals surface area (Å²) >= 11 is 1.85. The average molecular weight is 323 g/mol. The Morgan fingerprint density at radius 2 is 1.82 bits per heavy atom. The normalized spacial score (nSPS) is 12.2. The number of rotatable bonds is 7. The van der Waals surface area contributed by atoms with E-state index in [1.165, 1.54) is 11.3 Å². The van der Waals surface area contributed by atoms with E-state index in [2.05, 4.69) is 79.0 Å². The zero-order valence-corrected chi connectivity index (χ0v) is 15.5. The van der Waals surface area contributed by atoms with Gasteiger partial charge in [0, 0.05) is 44.7 Å². The number of benzene rings is 1. The maximum atomic E-state index is 4.27. The standard InChI is InChI=1S/C17H30N4S/c1-17(2,22-6)13-20-16(18-3)19-12-11-14-7-9-15(10-8-14)21(4)5/h7-10H,11-13H2,1-6H3,(H2,18,19,20). The van der Waals surface area contributed by atoms with Gasteiger partial charge >= 0.3 is 0 Å². The Labute approximate surface area is 139 Å². The molecule has 0 aliphatic carbocycles. The van der Waals surface area contributed by atoms with E-state index in [4.69, 9.17) is 0 Å². The van der Waals surface area contributed by atoms with Crippen LogP contribution in [0.5, 0.6) is 0 Å². The van der Waals surface area contributed by atoms with Crippen molar-refractivity contribution in [1.29, 1.82) is 0 Å². The van der Waals surface area contributed by atoms with Crippen molar-refractivity contribution in [2.75, 3.05) is 45.4 Å². The van der Waals surface area contributed by atoms with Crippen LogP contribution in [0.25, 0.3) is 0 Å². The monoisotopic (exact) mass is 322 g/mol. The Kier molecular flexibility index (Phi) is 7.59. The number of nitrogens with zero attached hydrogens (tertiary/aromatic N) is 2. The van der Waals surface area contributed by atoms with Crippen LogP contribution in [0.15, 0.2) is 29.3 Å². The molecule has 0 saturated heterocycles. The van der Waals surface area contributed by atoms with Crippen molar-refractivity contribution in [3.63, 3.8) is 0 Å². The van der Waals surface area contributed by atoms with Crippen molar-refractivity contribution in [2.24, 2.45) is 4.99 Å². The molecular formula is C17H30N4S. The summed E-state index contributed by atoms with van der Waals surface area (Å²) in [7, 11) is 5.93. The highest BCUT2D eigenvalue weighted by Crippen LogP contribution is 2.19. The van der Waals surface area contributed by atoms with E-state index in [0.29, 0.717) is 0 Å². The molecule has 0 saturated carbocycles. The molecule has 0 radical (unpaired) electrons. The second-order valence-corrected chi connectivity index (χ2v) is 7.64. The third-order valence-electron chi connectivity index (χ3n) is 3.62. The smallest absolute Gasteiger partial charge is 0.191 e. The molecule has 0 heterocycles.